The molecule has 12 heteroatoms. The fourth-order valence-electron chi connectivity index (χ4n) is 7.10. The van der Waals surface area contributed by atoms with Gasteiger partial charge in [-0.25, -0.2) is 8.78 Å². The normalized spacial score (nSPS) is 11.7. The van der Waals surface area contributed by atoms with Crippen LogP contribution in [-0.2, 0) is 22.8 Å². The second-order valence-corrected chi connectivity index (χ2v) is 17.5. The minimum Gasteiger partial charge on any atom is -0.497 e. The first kappa shape index (κ1) is 54.5. The van der Waals surface area contributed by atoms with Crippen LogP contribution in [0.1, 0.15) is 95.9 Å². The predicted octanol–water partition coefficient (Wildman–Crippen LogP) is 14.0. The summed E-state index contributed by atoms with van der Waals surface area (Å²) in [4.78, 5) is 22.0. The molecule has 69 heavy (non-hydrogen) atoms. The number of carboxylic acids is 2. The third-order valence-corrected chi connectivity index (χ3v) is 10.8. The molecule has 10 nitrogen and oxygen atoms in total. The summed E-state index contributed by atoms with van der Waals surface area (Å²) in [6, 6.07) is 35.3. The van der Waals surface area contributed by atoms with Gasteiger partial charge in [-0.15, -0.1) is 0 Å². The number of benzene rings is 6. The summed E-state index contributed by atoms with van der Waals surface area (Å²) in [6.07, 6.45) is 0.116. The van der Waals surface area contributed by atoms with E-state index >= 15 is 0 Å². The lowest BCUT2D eigenvalue weighted by Crippen LogP contribution is -2.07. The van der Waals surface area contributed by atoms with Crippen LogP contribution in [0.2, 0.25) is 0 Å². The molecule has 2 atom stereocenters. The van der Waals surface area contributed by atoms with Crippen LogP contribution in [0.4, 0.5) is 8.78 Å². The van der Waals surface area contributed by atoms with Crippen LogP contribution in [0.15, 0.2) is 121 Å². The predicted molar refractivity (Wildman–Crippen MR) is 267 cm³/mol. The van der Waals surface area contributed by atoms with Crippen LogP contribution in [0.3, 0.4) is 0 Å². The third kappa shape index (κ3) is 16.6. The largest absolute Gasteiger partial charge is 0.497 e. The summed E-state index contributed by atoms with van der Waals surface area (Å²) in [5, 5.41) is 18.1. The number of aliphatic carboxylic acids is 2. The molecule has 0 aliphatic rings. The fraction of sp³-hybridized carbons (Fsp3) is 0.333. The number of carboxylic acid groups (broad SMARTS) is 2. The van der Waals surface area contributed by atoms with Crippen LogP contribution >= 0.6 is 0 Å². The topological polar surface area (TPSA) is 130 Å². The molecule has 0 radical (unpaired) electrons. The molecule has 0 amide bonds. The Morgan fingerprint density at radius 2 is 0.870 bits per heavy atom. The first-order valence-electron chi connectivity index (χ1n) is 22.6. The van der Waals surface area contributed by atoms with Crippen molar-refractivity contribution in [3.05, 3.63) is 155 Å². The van der Waals surface area contributed by atoms with Gasteiger partial charge in [-0.05, 0) is 119 Å². The van der Waals surface area contributed by atoms with Gasteiger partial charge in [-0.3, -0.25) is 9.59 Å². The number of ether oxygens (including phenoxy) is 6. The highest BCUT2D eigenvalue weighted by Crippen LogP contribution is 2.37. The van der Waals surface area contributed by atoms with Crippen molar-refractivity contribution in [3.63, 3.8) is 0 Å². The van der Waals surface area contributed by atoms with E-state index in [2.05, 4.69) is 27.7 Å². The van der Waals surface area contributed by atoms with E-state index < -0.39 is 11.9 Å². The van der Waals surface area contributed by atoms with Crippen molar-refractivity contribution in [3.8, 4) is 56.8 Å². The Hall–Kier alpha value is -7.08. The molecule has 0 unspecified atom stereocenters. The quantitative estimate of drug-likeness (QED) is 0.0678. The number of rotatable bonds is 22. The van der Waals surface area contributed by atoms with Gasteiger partial charge in [0.05, 0.1) is 40.3 Å². The maximum absolute atomic E-state index is 14.7. The number of carbonyl (C=O) groups is 2. The number of methoxy groups -OCH3 is 2. The minimum atomic E-state index is -0.833. The molecule has 0 spiro atoms. The van der Waals surface area contributed by atoms with E-state index in [1.807, 2.05) is 98.8 Å². The Labute approximate surface area is 405 Å². The molecular weight excluding hydrogens is 883 g/mol. The van der Waals surface area contributed by atoms with Crippen molar-refractivity contribution in [2.45, 2.75) is 86.9 Å². The zero-order valence-electron chi connectivity index (χ0n) is 40.0. The summed E-state index contributed by atoms with van der Waals surface area (Å²) >= 11 is 0. The lowest BCUT2D eigenvalue weighted by Gasteiger charge is -2.17. The SMILES string of the molecule is C.COc1ccc(F)c(-c2ccc(COc3cccc([C@@H](C)CC(=O)O)c3)cc2OCC(C)C)c1.COc1ccc(F)c(-c2ccc(COc3cccc([C@H](C)CC(=O)O)c3)cc2OCC(C)C)c1. The fourth-order valence-corrected chi connectivity index (χ4v) is 7.10. The van der Waals surface area contributed by atoms with E-state index in [-0.39, 0.29) is 57.0 Å². The minimum absolute atomic E-state index is 0. The van der Waals surface area contributed by atoms with Crippen LogP contribution in [0, 0.1) is 23.5 Å². The summed E-state index contributed by atoms with van der Waals surface area (Å²) in [7, 11) is 3.09. The van der Waals surface area contributed by atoms with Gasteiger partial charge in [0, 0.05) is 22.3 Å². The van der Waals surface area contributed by atoms with Crippen LogP contribution in [-0.4, -0.2) is 49.6 Å². The van der Waals surface area contributed by atoms with Crippen molar-refractivity contribution in [2.24, 2.45) is 11.8 Å². The average Bonchev–Trinajstić information content (AvgIpc) is 3.32. The van der Waals surface area contributed by atoms with Gasteiger partial charge in [-0.1, -0.05) is 97.5 Å². The summed E-state index contributed by atoms with van der Waals surface area (Å²) in [5.41, 5.74) is 5.66. The number of hydrogen-bond acceptors (Lipinski definition) is 8. The lowest BCUT2D eigenvalue weighted by molar-refractivity contribution is -0.138. The van der Waals surface area contributed by atoms with Crippen molar-refractivity contribution in [1.82, 2.24) is 0 Å². The highest BCUT2D eigenvalue weighted by Gasteiger charge is 2.18. The monoisotopic (exact) mass is 948 g/mol. The number of hydrogen-bond donors (Lipinski definition) is 2. The maximum atomic E-state index is 14.7. The molecular formula is C57H66F2O10. The zero-order chi connectivity index (χ0) is 49.3. The van der Waals surface area contributed by atoms with Gasteiger partial charge in [0.25, 0.3) is 0 Å². The van der Waals surface area contributed by atoms with E-state index in [0.717, 1.165) is 22.3 Å². The Bertz CT molecular complexity index is 2430. The van der Waals surface area contributed by atoms with Crippen molar-refractivity contribution in [2.75, 3.05) is 27.4 Å². The van der Waals surface area contributed by atoms with Gasteiger partial charge in [-0.2, -0.15) is 0 Å². The van der Waals surface area contributed by atoms with E-state index in [0.29, 0.717) is 81.8 Å². The molecule has 0 fully saturated rings. The maximum Gasteiger partial charge on any atom is 0.303 e. The molecule has 0 aliphatic carbocycles. The van der Waals surface area contributed by atoms with Crippen LogP contribution in [0.5, 0.6) is 34.5 Å². The van der Waals surface area contributed by atoms with Gasteiger partial charge in [0.2, 0.25) is 0 Å². The molecule has 368 valence electrons. The molecule has 0 saturated carbocycles. The highest BCUT2D eigenvalue weighted by molar-refractivity contribution is 5.74. The third-order valence-electron chi connectivity index (χ3n) is 10.8. The molecule has 0 aliphatic heterocycles. The Morgan fingerprint density at radius 3 is 1.22 bits per heavy atom. The Balaban J connectivity index is 0.000000296. The molecule has 0 bridgehead atoms. The van der Waals surface area contributed by atoms with E-state index in [1.54, 1.807) is 38.5 Å². The van der Waals surface area contributed by atoms with Gasteiger partial charge >= 0.3 is 11.9 Å². The van der Waals surface area contributed by atoms with Crippen molar-refractivity contribution < 1.29 is 57.0 Å². The van der Waals surface area contributed by atoms with E-state index in [1.165, 1.54) is 12.1 Å². The lowest BCUT2D eigenvalue weighted by atomic mass is 9.98. The van der Waals surface area contributed by atoms with Crippen LogP contribution in [0.25, 0.3) is 22.3 Å². The second kappa shape index (κ2) is 26.5. The number of halogens is 2. The molecule has 6 aromatic rings. The average molecular weight is 949 g/mol. The zero-order valence-corrected chi connectivity index (χ0v) is 40.0. The summed E-state index contributed by atoms with van der Waals surface area (Å²) < 4.78 is 63.9. The first-order chi connectivity index (χ1) is 32.5. The highest BCUT2D eigenvalue weighted by atomic mass is 19.1. The molecule has 0 heterocycles. The molecule has 0 saturated heterocycles. The Morgan fingerprint density at radius 1 is 0.478 bits per heavy atom. The van der Waals surface area contributed by atoms with E-state index in [4.69, 9.17) is 38.6 Å². The summed E-state index contributed by atoms with van der Waals surface area (Å²) in [5.74, 6) is 1.59. The first-order valence-corrected chi connectivity index (χ1v) is 22.6. The van der Waals surface area contributed by atoms with Gasteiger partial charge in [0.1, 0.15) is 59.3 Å². The standard InChI is InChI=1S/2C28H31FO5.CH4/c2*1-18(2)16-34-27-13-20(8-10-24(27)25-15-22(32-4)9-11-26(25)29)17-33-23-7-5-6-21(14-23)19(3)12-28(30)31;/h2*5-11,13-15,18-19H,12,16-17H2,1-4H3,(H,30,31);1H4/t2*19-;/m10./s1. The van der Waals surface area contributed by atoms with Gasteiger partial charge < -0.3 is 38.6 Å². The molecule has 0 aromatic heterocycles. The molecule has 2 N–H and O–H groups in total. The van der Waals surface area contributed by atoms with Crippen LogP contribution < -0.4 is 28.4 Å². The Kier molecular flexibility index (Phi) is 20.9. The smallest absolute Gasteiger partial charge is 0.303 e. The second-order valence-electron chi connectivity index (χ2n) is 17.5. The van der Waals surface area contributed by atoms with Gasteiger partial charge in [0.15, 0.2) is 0 Å². The van der Waals surface area contributed by atoms with E-state index in [9.17, 15) is 18.4 Å². The molecule has 6 aromatic carbocycles. The van der Waals surface area contributed by atoms with Crippen molar-refractivity contribution >= 4 is 11.9 Å². The summed E-state index contributed by atoms with van der Waals surface area (Å²) in [6.45, 7) is 13.5. The molecule has 6 rings (SSSR count). The van der Waals surface area contributed by atoms with Crippen molar-refractivity contribution in [1.29, 1.82) is 0 Å².